The van der Waals surface area contributed by atoms with Gasteiger partial charge in [0.2, 0.25) is 5.91 Å². The number of piperidine rings is 1. The molecule has 0 unspecified atom stereocenters. The van der Waals surface area contributed by atoms with Gasteiger partial charge in [-0.25, -0.2) is 4.79 Å². The predicted molar refractivity (Wildman–Crippen MR) is 102 cm³/mol. The molecule has 4 heterocycles. The van der Waals surface area contributed by atoms with Gasteiger partial charge in [-0.1, -0.05) is 30.3 Å². The number of cyclic esters (lactones) is 1. The Bertz CT molecular complexity index is 666. The van der Waals surface area contributed by atoms with Gasteiger partial charge in [-0.15, -0.1) is 0 Å². The largest absolute Gasteiger partial charge is 0.448 e. The van der Waals surface area contributed by atoms with Crippen LogP contribution in [0, 0.1) is 5.92 Å². The SMILES string of the molecule is O=C1OCCN1CC(=O)N1C[C@H]2CC[C@@H]1CN(CCCc1ccccc1)C2. The van der Waals surface area contributed by atoms with Gasteiger partial charge in [0.15, 0.2) is 0 Å². The van der Waals surface area contributed by atoms with Crippen LogP contribution in [0.15, 0.2) is 30.3 Å². The van der Waals surface area contributed by atoms with E-state index in [1.165, 1.54) is 16.9 Å². The third kappa shape index (κ3) is 4.43. The van der Waals surface area contributed by atoms with Crippen LogP contribution in [-0.2, 0) is 16.0 Å². The summed E-state index contributed by atoms with van der Waals surface area (Å²) in [6.07, 6.45) is 4.18. The lowest BCUT2D eigenvalue weighted by atomic mass is 9.95. The molecule has 2 amide bonds. The maximum atomic E-state index is 12.8. The molecule has 0 saturated carbocycles. The van der Waals surface area contributed by atoms with E-state index in [-0.39, 0.29) is 24.6 Å². The molecule has 0 aliphatic carbocycles. The molecule has 0 spiro atoms. The van der Waals surface area contributed by atoms with Crippen molar-refractivity contribution in [2.24, 2.45) is 5.92 Å². The molecule has 27 heavy (non-hydrogen) atoms. The first-order valence-corrected chi connectivity index (χ1v) is 10.2. The molecule has 4 aliphatic heterocycles. The Balaban J connectivity index is 1.30. The average molecular weight is 371 g/mol. The van der Waals surface area contributed by atoms with E-state index in [0.29, 0.717) is 19.1 Å². The van der Waals surface area contributed by atoms with Crippen molar-refractivity contribution < 1.29 is 14.3 Å². The van der Waals surface area contributed by atoms with Gasteiger partial charge < -0.3 is 14.5 Å². The zero-order valence-corrected chi connectivity index (χ0v) is 15.9. The van der Waals surface area contributed by atoms with E-state index in [2.05, 4.69) is 35.2 Å². The van der Waals surface area contributed by atoms with E-state index < -0.39 is 0 Å². The Kier molecular flexibility index (Phi) is 5.62. The second-order valence-corrected chi connectivity index (χ2v) is 8.03. The Labute approximate surface area is 161 Å². The third-order valence-electron chi connectivity index (χ3n) is 6.06. The molecule has 5 rings (SSSR count). The molecule has 0 aromatic heterocycles. The molecule has 0 radical (unpaired) electrons. The first-order valence-electron chi connectivity index (χ1n) is 10.2. The summed E-state index contributed by atoms with van der Waals surface area (Å²) < 4.78 is 4.95. The van der Waals surface area contributed by atoms with E-state index in [9.17, 15) is 9.59 Å². The molecule has 4 aliphatic rings. The Morgan fingerprint density at radius 2 is 1.96 bits per heavy atom. The Hall–Kier alpha value is -2.08. The topological polar surface area (TPSA) is 53.1 Å². The Morgan fingerprint density at radius 1 is 1.11 bits per heavy atom. The van der Waals surface area contributed by atoms with Gasteiger partial charge in [0.05, 0.1) is 6.54 Å². The van der Waals surface area contributed by atoms with Crippen LogP contribution in [0.2, 0.25) is 0 Å². The van der Waals surface area contributed by atoms with E-state index >= 15 is 0 Å². The molecule has 1 aromatic carbocycles. The van der Waals surface area contributed by atoms with Gasteiger partial charge in [0, 0.05) is 25.7 Å². The zero-order valence-electron chi connectivity index (χ0n) is 15.9. The minimum Gasteiger partial charge on any atom is -0.448 e. The normalized spacial score (nSPS) is 25.6. The van der Waals surface area contributed by atoms with Gasteiger partial charge >= 0.3 is 6.09 Å². The van der Waals surface area contributed by atoms with Crippen molar-refractivity contribution in [2.45, 2.75) is 31.7 Å². The summed E-state index contributed by atoms with van der Waals surface area (Å²) in [7, 11) is 0. The molecule has 4 fully saturated rings. The van der Waals surface area contributed by atoms with Crippen LogP contribution in [0.5, 0.6) is 0 Å². The molecule has 0 N–H and O–H groups in total. The number of carbonyl (C=O) groups is 2. The number of ether oxygens (including phenoxy) is 1. The van der Waals surface area contributed by atoms with Crippen molar-refractivity contribution in [3.63, 3.8) is 0 Å². The van der Waals surface area contributed by atoms with E-state index in [4.69, 9.17) is 4.74 Å². The summed E-state index contributed by atoms with van der Waals surface area (Å²) >= 11 is 0. The number of aryl methyl sites for hydroxylation is 1. The summed E-state index contributed by atoms with van der Waals surface area (Å²) in [6.45, 7) is 5.05. The summed E-state index contributed by atoms with van der Waals surface area (Å²) in [6, 6.07) is 10.9. The van der Waals surface area contributed by atoms with Gasteiger partial charge in [-0.3, -0.25) is 9.69 Å². The molecule has 1 aromatic rings. The summed E-state index contributed by atoms with van der Waals surface area (Å²) in [5.41, 5.74) is 1.39. The highest BCUT2D eigenvalue weighted by atomic mass is 16.6. The first kappa shape index (κ1) is 18.3. The quantitative estimate of drug-likeness (QED) is 0.767. The molecule has 2 atom stereocenters. The number of carbonyl (C=O) groups excluding carboxylic acids is 2. The van der Waals surface area contributed by atoms with Gasteiger partial charge in [0.25, 0.3) is 0 Å². The summed E-state index contributed by atoms with van der Waals surface area (Å²) in [5.74, 6) is 0.629. The average Bonchev–Trinajstić information content (AvgIpc) is 2.89. The maximum Gasteiger partial charge on any atom is 0.410 e. The highest BCUT2D eigenvalue weighted by Gasteiger charge is 2.38. The van der Waals surface area contributed by atoms with Crippen LogP contribution in [0.25, 0.3) is 0 Å². The van der Waals surface area contributed by atoms with Crippen LogP contribution < -0.4 is 0 Å². The van der Waals surface area contributed by atoms with Crippen LogP contribution >= 0.6 is 0 Å². The monoisotopic (exact) mass is 371 g/mol. The number of hydrogen-bond acceptors (Lipinski definition) is 4. The van der Waals surface area contributed by atoms with Crippen molar-refractivity contribution in [3.8, 4) is 0 Å². The molecule has 6 nitrogen and oxygen atoms in total. The highest BCUT2D eigenvalue weighted by Crippen LogP contribution is 2.28. The van der Waals surface area contributed by atoms with Crippen molar-refractivity contribution >= 4 is 12.0 Å². The van der Waals surface area contributed by atoms with Crippen molar-refractivity contribution in [2.75, 3.05) is 45.9 Å². The van der Waals surface area contributed by atoms with Crippen molar-refractivity contribution in [1.82, 2.24) is 14.7 Å². The number of amides is 2. The molecule has 6 heteroatoms. The minimum atomic E-state index is -0.356. The number of rotatable bonds is 6. The van der Waals surface area contributed by atoms with E-state index in [0.717, 1.165) is 45.4 Å². The van der Waals surface area contributed by atoms with Gasteiger partial charge in [-0.05, 0) is 43.7 Å². The number of benzene rings is 1. The molecule has 4 saturated heterocycles. The summed E-state index contributed by atoms with van der Waals surface area (Å²) in [5, 5.41) is 0. The van der Waals surface area contributed by atoms with E-state index in [1.807, 2.05) is 4.90 Å². The molecule has 2 bridgehead atoms. The second-order valence-electron chi connectivity index (χ2n) is 8.03. The smallest absolute Gasteiger partial charge is 0.410 e. The number of hydrogen-bond donors (Lipinski definition) is 0. The number of nitrogens with zero attached hydrogens (tertiary/aromatic N) is 3. The molecule has 146 valence electrons. The second kappa shape index (κ2) is 8.30. The van der Waals surface area contributed by atoms with Crippen LogP contribution in [0.4, 0.5) is 4.79 Å². The van der Waals surface area contributed by atoms with Crippen LogP contribution in [0.1, 0.15) is 24.8 Å². The lowest BCUT2D eigenvalue weighted by Crippen LogP contribution is -2.50. The van der Waals surface area contributed by atoms with Crippen molar-refractivity contribution in [1.29, 1.82) is 0 Å². The van der Waals surface area contributed by atoms with E-state index in [1.54, 1.807) is 0 Å². The first-order chi connectivity index (χ1) is 13.2. The fraction of sp³-hybridized carbons (Fsp3) is 0.619. The fourth-order valence-electron chi connectivity index (χ4n) is 4.64. The third-order valence-corrected chi connectivity index (χ3v) is 6.06. The maximum absolute atomic E-state index is 12.8. The molecular formula is C21H29N3O3. The minimum absolute atomic E-state index is 0.0784. The lowest BCUT2D eigenvalue weighted by molar-refractivity contribution is -0.135. The summed E-state index contributed by atoms with van der Waals surface area (Å²) in [4.78, 5) is 30.5. The van der Waals surface area contributed by atoms with Gasteiger partial charge in [0.1, 0.15) is 13.2 Å². The highest BCUT2D eigenvalue weighted by molar-refractivity contribution is 5.83. The Morgan fingerprint density at radius 3 is 2.74 bits per heavy atom. The zero-order chi connectivity index (χ0) is 18.6. The fourth-order valence-corrected chi connectivity index (χ4v) is 4.64. The van der Waals surface area contributed by atoms with Gasteiger partial charge in [-0.2, -0.15) is 0 Å². The predicted octanol–water partition coefficient (Wildman–Crippen LogP) is 1.99. The number of fused-ring (bicyclic) bond motifs is 4. The standard InChI is InChI=1S/C21H29N3O3/c25-20(16-23-11-12-27-21(23)26)24-14-18-8-9-19(24)15-22(13-18)10-4-7-17-5-2-1-3-6-17/h1-3,5-6,18-19H,4,7-16H2/t18-,19+/m0/s1. The molecular weight excluding hydrogens is 342 g/mol. The lowest BCUT2D eigenvalue weighted by Gasteiger charge is -2.37. The van der Waals surface area contributed by atoms with Crippen molar-refractivity contribution in [3.05, 3.63) is 35.9 Å². The van der Waals surface area contributed by atoms with Crippen LogP contribution in [-0.4, -0.2) is 78.6 Å². The van der Waals surface area contributed by atoms with Crippen LogP contribution in [0.3, 0.4) is 0 Å².